The number of benzene rings is 2. The van der Waals surface area contributed by atoms with Crippen molar-refractivity contribution >= 4 is 26.7 Å². The molecule has 0 heterocycles. The van der Waals surface area contributed by atoms with E-state index in [4.69, 9.17) is 0 Å². The fourth-order valence-electron chi connectivity index (χ4n) is 2.52. The lowest BCUT2D eigenvalue weighted by atomic mass is 9.97. The average molecular weight is 289 g/mol. The van der Waals surface area contributed by atoms with Gasteiger partial charge in [0.25, 0.3) is 0 Å². The Labute approximate surface area is 111 Å². The van der Waals surface area contributed by atoms with E-state index in [-0.39, 0.29) is 0 Å². The van der Waals surface area contributed by atoms with Gasteiger partial charge in [0.15, 0.2) is 0 Å². The van der Waals surface area contributed by atoms with Crippen molar-refractivity contribution in [2.75, 3.05) is 0 Å². The topological polar surface area (TPSA) is 0 Å². The number of alkyl halides is 1. The van der Waals surface area contributed by atoms with Crippen LogP contribution in [0.3, 0.4) is 0 Å². The number of rotatable bonds is 3. The van der Waals surface area contributed by atoms with Gasteiger partial charge < -0.3 is 0 Å². The molecular weight excluding hydrogens is 272 g/mol. The van der Waals surface area contributed by atoms with Crippen LogP contribution in [0.1, 0.15) is 35.2 Å². The first kappa shape index (κ1) is 11.3. The number of hydrogen-bond donors (Lipinski definition) is 0. The van der Waals surface area contributed by atoms with Crippen molar-refractivity contribution < 1.29 is 0 Å². The molecule has 1 fully saturated rings. The largest absolute Gasteiger partial charge is 0.0838 e. The van der Waals surface area contributed by atoms with Gasteiger partial charge in [0.05, 0.1) is 0 Å². The van der Waals surface area contributed by atoms with E-state index in [1.165, 1.54) is 41.2 Å². The highest BCUT2D eigenvalue weighted by molar-refractivity contribution is 9.09. The van der Waals surface area contributed by atoms with Crippen molar-refractivity contribution in [1.82, 2.24) is 0 Å². The molecular formula is C16H17Br. The van der Waals surface area contributed by atoms with Crippen LogP contribution in [0.5, 0.6) is 0 Å². The maximum absolute atomic E-state index is 3.87. The molecule has 3 rings (SSSR count). The number of hydrogen-bond acceptors (Lipinski definition) is 0. The van der Waals surface area contributed by atoms with Crippen LogP contribution in [0.2, 0.25) is 0 Å². The quantitative estimate of drug-likeness (QED) is 0.665. The Hall–Kier alpha value is -0.820. The van der Waals surface area contributed by atoms with Crippen molar-refractivity contribution in [3.63, 3.8) is 0 Å². The number of aryl methyl sites for hydroxylation is 1. The van der Waals surface area contributed by atoms with Crippen LogP contribution >= 0.6 is 15.9 Å². The van der Waals surface area contributed by atoms with Crippen molar-refractivity contribution in [3.8, 4) is 0 Å². The molecule has 1 aliphatic carbocycles. The third-order valence-corrected chi connectivity index (χ3v) is 4.62. The van der Waals surface area contributed by atoms with Gasteiger partial charge in [0.2, 0.25) is 0 Å². The number of halogens is 1. The van der Waals surface area contributed by atoms with Gasteiger partial charge in [-0.1, -0.05) is 65.2 Å². The minimum absolute atomic E-state index is 0.514. The minimum Gasteiger partial charge on any atom is -0.0838 e. The first-order valence-electron chi connectivity index (χ1n) is 6.38. The van der Waals surface area contributed by atoms with Crippen LogP contribution in [0, 0.1) is 12.8 Å². The van der Waals surface area contributed by atoms with E-state index in [1.807, 2.05) is 0 Å². The summed E-state index contributed by atoms with van der Waals surface area (Å²) in [4.78, 5) is 0.514. The molecule has 0 aromatic heterocycles. The molecule has 0 amide bonds. The zero-order valence-corrected chi connectivity index (χ0v) is 11.7. The van der Waals surface area contributed by atoms with Gasteiger partial charge in [0, 0.05) is 4.83 Å². The highest BCUT2D eigenvalue weighted by Crippen LogP contribution is 2.43. The summed E-state index contributed by atoms with van der Waals surface area (Å²) in [5.41, 5.74) is 2.83. The molecule has 0 radical (unpaired) electrons. The summed E-state index contributed by atoms with van der Waals surface area (Å²) >= 11 is 3.87. The molecule has 0 bridgehead atoms. The molecule has 1 aliphatic rings. The smallest absolute Gasteiger partial charge is 0.0404 e. The lowest BCUT2D eigenvalue weighted by Crippen LogP contribution is -1.94. The average Bonchev–Trinajstić information content (AvgIpc) is 3.14. The summed E-state index contributed by atoms with van der Waals surface area (Å²) in [6.07, 6.45) is 4.13. The minimum atomic E-state index is 0.514. The Morgan fingerprint density at radius 3 is 2.53 bits per heavy atom. The summed E-state index contributed by atoms with van der Waals surface area (Å²) < 4.78 is 0. The molecule has 1 atom stereocenters. The molecule has 0 spiro atoms. The zero-order chi connectivity index (χ0) is 11.8. The van der Waals surface area contributed by atoms with Gasteiger partial charge in [-0.25, -0.2) is 0 Å². The Morgan fingerprint density at radius 1 is 1.12 bits per heavy atom. The number of fused-ring (bicyclic) bond motifs is 1. The van der Waals surface area contributed by atoms with E-state index >= 15 is 0 Å². The van der Waals surface area contributed by atoms with Crippen LogP contribution in [-0.2, 0) is 0 Å². The summed E-state index contributed by atoms with van der Waals surface area (Å²) in [5.74, 6) is 0.958. The van der Waals surface area contributed by atoms with Crippen molar-refractivity contribution in [2.45, 2.75) is 31.0 Å². The molecule has 17 heavy (non-hydrogen) atoms. The molecule has 0 saturated heterocycles. The molecule has 0 nitrogen and oxygen atoms in total. The molecule has 1 heteroatoms. The summed E-state index contributed by atoms with van der Waals surface area (Å²) in [5, 5.41) is 2.81. The normalized spacial score (nSPS) is 17.3. The standard InChI is InChI=1S/C16H17Br/c1-11-6-9-15(16(17)10-12-7-8-12)14-5-3-2-4-13(11)14/h2-6,9,12,16H,7-8,10H2,1H3. The van der Waals surface area contributed by atoms with Gasteiger partial charge in [-0.3, -0.25) is 0 Å². The summed E-state index contributed by atoms with van der Waals surface area (Å²) in [7, 11) is 0. The van der Waals surface area contributed by atoms with E-state index in [0.29, 0.717) is 4.83 Å². The molecule has 2 aromatic rings. The molecule has 0 aliphatic heterocycles. The fraction of sp³-hybridized carbons (Fsp3) is 0.375. The highest BCUT2D eigenvalue weighted by Gasteiger charge is 2.25. The molecule has 2 aromatic carbocycles. The van der Waals surface area contributed by atoms with Crippen LogP contribution in [0.4, 0.5) is 0 Å². The Bertz CT molecular complexity index is 540. The van der Waals surface area contributed by atoms with E-state index in [9.17, 15) is 0 Å². The third-order valence-electron chi connectivity index (χ3n) is 3.75. The van der Waals surface area contributed by atoms with E-state index < -0.39 is 0 Å². The predicted octanol–water partition coefficient (Wildman–Crippen LogP) is 5.38. The molecule has 88 valence electrons. The van der Waals surface area contributed by atoms with Crippen molar-refractivity contribution in [3.05, 3.63) is 47.5 Å². The Kier molecular flexibility index (Phi) is 2.96. The summed E-state index contributed by atoms with van der Waals surface area (Å²) in [6.45, 7) is 2.19. The van der Waals surface area contributed by atoms with Crippen LogP contribution in [-0.4, -0.2) is 0 Å². The van der Waals surface area contributed by atoms with Crippen LogP contribution < -0.4 is 0 Å². The fourth-order valence-corrected chi connectivity index (χ4v) is 3.45. The lowest BCUT2D eigenvalue weighted by molar-refractivity contribution is 0.724. The Morgan fingerprint density at radius 2 is 1.82 bits per heavy atom. The monoisotopic (exact) mass is 288 g/mol. The lowest BCUT2D eigenvalue weighted by Gasteiger charge is -2.14. The van der Waals surface area contributed by atoms with E-state index in [2.05, 4.69) is 59.3 Å². The third kappa shape index (κ3) is 2.26. The van der Waals surface area contributed by atoms with Crippen LogP contribution in [0.25, 0.3) is 10.8 Å². The summed E-state index contributed by atoms with van der Waals surface area (Å²) in [6, 6.07) is 13.3. The van der Waals surface area contributed by atoms with Gasteiger partial charge in [0.1, 0.15) is 0 Å². The Balaban J connectivity index is 2.05. The first-order valence-corrected chi connectivity index (χ1v) is 7.29. The second-order valence-electron chi connectivity index (χ2n) is 5.16. The van der Waals surface area contributed by atoms with Gasteiger partial charge in [-0.2, -0.15) is 0 Å². The zero-order valence-electron chi connectivity index (χ0n) is 10.1. The van der Waals surface area contributed by atoms with Gasteiger partial charge >= 0.3 is 0 Å². The van der Waals surface area contributed by atoms with Crippen molar-refractivity contribution in [2.24, 2.45) is 5.92 Å². The highest BCUT2D eigenvalue weighted by atomic mass is 79.9. The molecule has 1 saturated carbocycles. The van der Waals surface area contributed by atoms with E-state index in [1.54, 1.807) is 0 Å². The molecule has 1 unspecified atom stereocenters. The second-order valence-corrected chi connectivity index (χ2v) is 6.27. The SMILES string of the molecule is Cc1ccc(C(Br)CC2CC2)c2ccccc12. The van der Waals surface area contributed by atoms with E-state index in [0.717, 1.165) is 5.92 Å². The maximum atomic E-state index is 3.87. The second kappa shape index (κ2) is 4.45. The maximum Gasteiger partial charge on any atom is 0.0404 e. The van der Waals surface area contributed by atoms with Gasteiger partial charge in [-0.15, -0.1) is 0 Å². The molecule has 0 N–H and O–H groups in total. The van der Waals surface area contributed by atoms with Crippen LogP contribution in [0.15, 0.2) is 36.4 Å². The van der Waals surface area contributed by atoms with Gasteiger partial charge in [-0.05, 0) is 41.2 Å². The predicted molar refractivity (Wildman–Crippen MR) is 77.7 cm³/mol. The first-order chi connectivity index (χ1) is 8.25. The van der Waals surface area contributed by atoms with Crippen molar-refractivity contribution in [1.29, 1.82) is 0 Å².